The third kappa shape index (κ3) is 1.44. The normalized spacial score (nSPS) is 26.4. The lowest BCUT2D eigenvalue weighted by Gasteiger charge is -2.24. The first-order valence-electron chi connectivity index (χ1n) is 3.65. The standard InChI is InChI=1S/C9H10N2O/c1-9(12,6-10)7-4-2-3-5-8(7)11/h2-5,7,11-12H,1H3. The van der Waals surface area contributed by atoms with E-state index in [0.29, 0.717) is 0 Å². The molecule has 1 aliphatic rings. The summed E-state index contributed by atoms with van der Waals surface area (Å²) in [7, 11) is 0. The molecule has 0 saturated heterocycles. The Balaban J connectivity index is 2.92. The van der Waals surface area contributed by atoms with Gasteiger partial charge in [0.15, 0.2) is 5.60 Å². The Morgan fingerprint density at radius 1 is 1.67 bits per heavy atom. The number of rotatable bonds is 1. The summed E-state index contributed by atoms with van der Waals surface area (Å²) in [5, 5.41) is 25.6. The van der Waals surface area contributed by atoms with Crippen molar-refractivity contribution in [2.24, 2.45) is 5.92 Å². The van der Waals surface area contributed by atoms with Crippen molar-refractivity contribution in [3.63, 3.8) is 0 Å². The van der Waals surface area contributed by atoms with Crippen molar-refractivity contribution < 1.29 is 5.11 Å². The SMILES string of the molecule is CC(O)(C#N)C1C=CC=CC1=N. The number of aliphatic hydroxyl groups is 1. The van der Waals surface area contributed by atoms with Crippen molar-refractivity contribution >= 4 is 5.71 Å². The average molecular weight is 162 g/mol. The number of nitriles is 1. The van der Waals surface area contributed by atoms with E-state index in [0.717, 1.165) is 0 Å². The zero-order chi connectivity index (χ0) is 9.19. The molecule has 0 radical (unpaired) electrons. The Morgan fingerprint density at radius 2 is 2.33 bits per heavy atom. The van der Waals surface area contributed by atoms with Crippen LogP contribution in [0.5, 0.6) is 0 Å². The van der Waals surface area contributed by atoms with Crippen molar-refractivity contribution in [3.8, 4) is 6.07 Å². The third-order valence-corrected chi connectivity index (χ3v) is 1.86. The van der Waals surface area contributed by atoms with Crippen LogP contribution in [0.25, 0.3) is 0 Å². The molecule has 0 aliphatic heterocycles. The van der Waals surface area contributed by atoms with Crippen molar-refractivity contribution in [3.05, 3.63) is 24.3 Å². The zero-order valence-corrected chi connectivity index (χ0v) is 6.78. The zero-order valence-electron chi connectivity index (χ0n) is 6.78. The highest BCUT2D eigenvalue weighted by atomic mass is 16.3. The molecular formula is C9H10N2O. The molecule has 0 fully saturated rings. The average Bonchev–Trinajstić information content (AvgIpc) is 2.05. The van der Waals surface area contributed by atoms with Gasteiger partial charge in [0.05, 0.1) is 12.0 Å². The first kappa shape index (κ1) is 8.69. The Bertz CT molecular complexity index is 294. The van der Waals surface area contributed by atoms with E-state index in [-0.39, 0.29) is 5.71 Å². The van der Waals surface area contributed by atoms with Crippen LogP contribution in [0.4, 0.5) is 0 Å². The quantitative estimate of drug-likeness (QED) is 0.565. The van der Waals surface area contributed by atoms with Gasteiger partial charge in [-0.05, 0) is 13.0 Å². The second-order valence-corrected chi connectivity index (χ2v) is 2.94. The van der Waals surface area contributed by atoms with Gasteiger partial charge in [-0.25, -0.2) is 0 Å². The van der Waals surface area contributed by atoms with Gasteiger partial charge < -0.3 is 10.5 Å². The van der Waals surface area contributed by atoms with E-state index in [1.807, 2.05) is 0 Å². The Kier molecular flexibility index (Phi) is 2.11. The number of hydrogen-bond donors (Lipinski definition) is 2. The molecule has 62 valence electrons. The molecule has 3 nitrogen and oxygen atoms in total. The Morgan fingerprint density at radius 3 is 2.83 bits per heavy atom. The minimum atomic E-state index is -1.47. The summed E-state index contributed by atoms with van der Waals surface area (Å²) in [5.74, 6) is -0.507. The fraction of sp³-hybridized carbons (Fsp3) is 0.333. The van der Waals surface area contributed by atoms with Crippen molar-refractivity contribution in [1.82, 2.24) is 0 Å². The van der Waals surface area contributed by atoms with Crippen LogP contribution in [0.15, 0.2) is 24.3 Å². The summed E-state index contributed by atoms with van der Waals surface area (Å²) in [6.07, 6.45) is 6.68. The van der Waals surface area contributed by atoms with Crippen LogP contribution in [-0.4, -0.2) is 16.4 Å². The van der Waals surface area contributed by atoms with Crippen LogP contribution < -0.4 is 0 Å². The molecule has 0 heterocycles. The molecule has 0 spiro atoms. The Labute approximate surface area is 71.1 Å². The maximum atomic E-state index is 9.53. The lowest BCUT2D eigenvalue weighted by atomic mass is 9.84. The summed E-state index contributed by atoms with van der Waals surface area (Å²) >= 11 is 0. The monoisotopic (exact) mass is 162 g/mol. The molecule has 12 heavy (non-hydrogen) atoms. The van der Waals surface area contributed by atoms with E-state index in [2.05, 4.69) is 0 Å². The summed E-state index contributed by atoms with van der Waals surface area (Å²) in [4.78, 5) is 0. The molecule has 0 bridgehead atoms. The molecule has 0 aromatic rings. The highest BCUT2D eigenvalue weighted by Crippen LogP contribution is 2.21. The maximum Gasteiger partial charge on any atom is 0.160 e. The van der Waals surface area contributed by atoms with Crippen molar-refractivity contribution in [2.45, 2.75) is 12.5 Å². The fourth-order valence-corrected chi connectivity index (χ4v) is 1.10. The van der Waals surface area contributed by atoms with Gasteiger partial charge in [0.25, 0.3) is 0 Å². The minimum absolute atomic E-state index is 0.268. The van der Waals surface area contributed by atoms with Gasteiger partial charge in [-0.1, -0.05) is 18.2 Å². The smallest absolute Gasteiger partial charge is 0.160 e. The van der Waals surface area contributed by atoms with Crippen LogP contribution in [0.1, 0.15) is 6.92 Å². The molecule has 3 heteroatoms. The van der Waals surface area contributed by atoms with E-state index in [1.165, 1.54) is 6.92 Å². The van der Waals surface area contributed by atoms with Gasteiger partial charge in [0.2, 0.25) is 0 Å². The predicted octanol–water partition coefficient (Wildman–Crippen LogP) is 1.02. The molecule has 2 N–H and O–H groups in total. The predicted molar refractivity (Wildman–Crippen MR) is 45.7 cm³/mol. The minimum Gasteiger partial charge on any atom is -0.375 e. The lowest BCUT2D eigenvalue weighted by Crippen LogP contribution is -2.36. The lowest BCUT2D eigenvalue weighted by molar-refractivity contribution is 0.0999. The Hall–Kier alpha value is -1.40. The van der Waals surface area contributed by atoms with Crippen molar-refractivity contribution in [1.29, 1.82) is 10.7 Å². The molecule has 0 aromatic carbocycles. The van der Waals surface area contributed by atoms with Crippen LogP contribution in [-0.2, 0) is 0 Å². The van der Waals surface area contributed by atoms with E-state index in [1.54, 1.807) is 30.4 Å². The highest BCUT2D eigenvalue weighted by Gasteiger charge is 2.32. The second kappa shape index (κ2) is 2.92. The largest absolute Gasteiger partial charge is 0.375 e. The molecule has 0 amide bonds. The molecule has 0 saturated carbocycles. The fourth-order valence-electron chi connectivity index (χ4n) is 1.10. The van der Waals surface area contributed by atoms with Gasteiger partial charge in [0, 0.05) is 5.71 Å². The molecular weight excluding hydrogens is 152 g/mol. The molecule has 2 atom stereocenters. The van der Waals surface area contributed by atoms with E-state index < -0.39 is 11.5 Å². The van der Waals surface area contributed by atoms with Gasteiger partial charge >= 0.3 is 0 Å². The van der Waals surface area contributed by atoms with Gasteiger partial charge in [-0.15, -0.1) is 0 Å². The second-order valence-electron chi connectivity index (χ2n) is 2.94. The molecule has 1 rings (SSSR count). The third-order valence-electron chi connectivity index (χ3n) is 1.86. The maximum absolute atomic E-state index is 9.53. The van der Waals surface area contributed by atoms with Crippen LogP contribution in [0, 0.1) is 22.7 Å². The highest BCUT2D eigenvalue weighted by molar-refractivity contribution is 5.97. The van der Waals surface area contributed by atoms with Crippen LogP contribution >= 0.6 is 0 Å². The molecule has 1 aliphatic carbocycles. The first-order chi connectivity index (χ1) is 5.58. The molecule has 0 aromatic heterocycles. The number of nitrogens with one attached hydrogen (secondary N) is 1. The van der Waals surface area contributed by atoms with E-state index >= 15 is 0 Å². The molecule has 2 unspecified atom stereocenters. The number of allylic oxidation sites excluding steroid dienone is 3. The summed E-state index contributed by atoms with van der Waals surface area (Å²) < 4.78 is 0. The van der Waals surface area contributed by atoms with Gasteiger partial charge in [-0.3, -0.25) is 0 Å². The van der Waals surface area contributed by atoms with Crippen molar-refractivity contribution in [2.75, 3.05) is 0 Å². The van der Waals surface area contributed by atoms with Gasteiger partial charge in [0.1, 0.15) is 0 Å². The van der Waals surface area contributed by atoms with E-state index in [4.69, 9.17) is 10.7 Å². The topological polar surface area (TPSA) is 67.9 Å². The first-order valence-corrected chi connectivity index (χ1v) is 3.65. The number of hydrogen-bond acceptors (Lipinski definition) is 3. The summed E-state index contributed by atoms with van der Waals surface area (Å²) in [6, 6.07) is 1.77. The van der Waals surface area contributed by atoms with E-state index in [9.17, 15) is 5.11 Å². The summed E-state index contributed by atoms with van der Waals surface area (Å²) in [5.41, 5.74) is -1.21. The van der Waals surface area contributed by atoms with Gasteiger partial charge in [-0.2, -0.15) is 5.26 Å². The number of nitrogens with zero attached hydrogens (tertiary/aromatic N) is 1. The van der Waals surface area contributed by atoms with Crippen LogP contribution in [0.2, 0.25) is 0 Å². The van der Waals surface area contributed by atoms with Crippen LogP contribution in [0.3, 0.4) is 0 Å². The summed E-state index contributed by atoms with van der Waals surface area (Å²) in [6.45, 7) is 1.41.